The Morgan fingerprint density at radius 1 is 1.50 bits per heavy atom. The molecule has 0 bridgehead atoms. The molecule has 1 unspecified atom stereocenters. The lowest BCUT2D eigenvalue weighted by molar-refractivity contribution is -0.125. The molecular formula is C12H20ClN3O3S. The number of aryl methyl sites for hydroxylation is 1. The summed E-state index contributed by atoms with van der Waals surface area (Å²) < 4.78 is 24.2. The number of hydrogen-bond donors (Lipinski definition) is 1. The number of aromatic nitrogens is 2. The molecule has 1 atom stereocenters. The van der Waals surface area contributed by atoms with Crippen molar-refractivity contribution in [1.29, 1.82) is 0 Å². The first kappa shape index (κ1) is 17.0. The second kappa shape index (κ2) is 5.73. The van der Waals surface area contributed by atoms with Crippen LogP contribution in [0.5, 0.6) is 0 Å². The Bertz CT molecular complexity index is 602. The molecule has 0 fully saturated rings. The quantitative estimate of drug-likeness (QED) is 0.858. The summed E-state index contributed by atoms with van der Waals surface area (Å²) in [5.74, 6) is 0.295. The van der Waals surface area contributed by atoms with Crippen LogP contribution in [0.4, 0.5) is 0 Å². The van der Waals surface area contributed by atoms with E-state index in [1.54, 1.807) is 6.92 Å². The van der Waals surface area contributed by atoms with E-state index in [2.05, 4.69) is 10.3 Å². The van der Waals surface area contributed by atoms with Gasteiger partial charge in [-0.05, 0) is 27.7 Å². The smallest absolute Gasteiger partial charge is 0.280 e. The molecule has 0 spiro atoms. The van der Waals surface area contributed by atoms with Crippen LogP contribution in [0.15, 0.2) is 11.2 Å². The van der Waals surface area contributed by atoms with E-state index in [1.807, 2.05) is 27.7 Å². The van der Waals surface area contributed by atoms with Gasteiger partial charge in [0.2, 0.25) is 5.91 Å². The van der Waals surface area contributed by atoms with Crippen molar-refractivity contribution >= 4 is 25.6 Å². The molecule has 0 aliphatic heterocycles. The molecule has 1 amide bonds. The third kappa shape index (κ3) is 4.21. The molecule has 0 aliphatic carbocycles. The second-order valence-corrected chi connectivity index (χ2v) is 8.12. The highest BCUT2D eigenvalue weighted by Crippen LogP contribution is 2.19. The molecule has 1 rings (SSSR count). The van der Waals surface area contributed by atoms with Crippen LogP contribution >= 0.6 is 10.7 Å². The maximum Gasteiger partial charge on any atom is 0.280 e. The van der Waals surface area contributed by atoms with Crippen molar-refractivity contribution in [2.24, 2.45) is 0 Å². The van der Waals surface area contributed by atoms with Crippen molar-refractivity contribution < 1.29 is 13.2 Å². The minimum absolute atomic E-state index is 0.205. The fraction of sp³-hybridized carbons (Fsp3) is 0.667. The van der Waals surface area contributed by atoms with Crippen LogP contribution in [-0.2, 0) is 20.3 Å². The standard InChI is InChI=1S/C12H20ClN3O3S/c1-6-9-14-10(20(13,18)19)7-16(9)8(2)11(17)15-12(3,4)5/h7-8H,6H2,1-5H3,(H,15,17). The number of nitrogens with zero attached hydrogens (tertiary/aromatic N) is 2. The van der Waals surface area contributed by atoms with E-state index < -0.39 is 15.1 Å². The Morgan fingerprint density at radius 2 is 2.05 bits per heavy atom. The lowest BCUT2D eigenvalue weighted by Crippen LogP contribution is -2.43. The number of carbonyl (C=O) groups excluding carboxylic acids is 1. The zero-order valence-electron chi connectivity index (χ0n) is 12.3. The summed E-state index contributed by atoms with van der Waals surface area (Å²) in [5, 5.41) is 2.62. The molecule has 1 heterocycles. The van der Waals surface area contributed by atoms with Crippen LogP contribution in [-0.4, -0.2) is 29.4 Å². The highest BCUT2D eigenvalue weighted by Gasteiger charge is 2.25. The molecule has 20 heavy (non-hydrogen) atoms. The van der Waals surface area contributed by atoms with Crippen molar-refractivity contribution in [3.8, 4) is 0 Å². The van der Waals surface area contributed by atoms with Gasteiger partial charge in [0.1, 0.15) is 11.9 Å². The van der Waals surface area contributed by atoms with E-state index >= 15 is 0 Å². The van der Waals surface area contributed by atoms with Gasteiger partial charge in [0.25, 0.3) is 9.05 Å². The number of hydrogen-bond acceptors (Lipinski definition) is 4. The summed E-state index contributed by atoms with van der Waals surface area (Å²) >= 11 is 0. The largest absolute Gasteiger partial charge is 0.350 e. The van der Waals surface area contributed by atoms with Gasteiger partial charge < -0.3 is 9.88 Å². The summed E-state index contributed by atoms with van der Waals surface area (Å²) in [5.41, 5.74) is -0.361. The zero-order chi connectivity index (χ0) is 15.7. The number of rotatable bonds is 4. The maximum atomic E-state index is 12.1. The number of halogens is 1. The zero-order valence-corrected chi connectivity index (χ0v) is 13.8. The van der Waals surface area contributed by atoms with E-state index in [1.165, 1.54) is 10.8 Å². The van der Waals surface area contributed by atoms with Crippen molar-refractivity contribution in [3.05, 3.63) is 12.0 Å². The average molecular weight is 322 g/mol. The minimum atomic E-state index is -3.90. The first-order valence-corrected chi connectivity index (χ1v) is 8.61. The molecule has 1 aromatic heterocycles. The predicted octanol–water partition coefficient (Wildman–Crippen LogP) is 1.85. The fourth-order valence-corrected chi connectivity index (χ4v) is 2.40. The van der Waals surface area contributed by atoms with Gasteiger partial charge in [-0.25, -0.2) is 13.4 Å². The highest BCUT2D eigenvalue weighted by atomic mass is 35.7. The van der Waals surface area contributed by atoms with E-state index in [0.29, 0.717) is 12.2 Å². The summed E-state index contributed by atoms with van der Waals surface area (Å²) in [7, 11) is 1.39. The van der Waals surface area contributed by atoms with Gasteiger partial charge in [0.05, 0.1) is 0 Å². The van der Waals surface area contributed by atoms with Crippen LogP contribution in [0.1, 0.15) is 46.5 Å². The van der Waals surface area contributed by atoms with Crippen LogP contribution in [0, 0.1) is 0 Å². The summed E-state index contributed by atoms with van der Waals surface area (Å²) in [6.45, 7) is 9.15. The van der Waals surface area contributed by atoms with Crippen LogP contribution < -0.4 is 5.32 Å². The van der Waals surface area contributed by atoms with E-state index in [4.69, 9.17) is 10.7 Å². The summed E-state index contributed by atoms with van der Waals surface area (Å²) in [6.07, 6.45) is 1.80. The topological polar surface area (TPSA) is 81.1 Å². The second-order valence-electron chi connectivity index (χ2n) is 5.61. The van der Waals surface area contributed by atoms with Gasteiger partial charge in [-0.1, -0.05) is 6.92 Å². The monoisotopic (exact) mass is 321 g/mol. The lowest BCUT2D eigenvalue weighted by atomic mass is 10.1. The SMILES string of the molecule is CCc1nc(S(=O)(=O)Cl)cn1C(C)C(=O)NC(C)(C)C. The van der Waals surface area contributed by atoms with Gasteiger partial charge >= 0.3 is 0 Å². The first-order chi connectivity index (χ1) is 8.95. The molecular weight excluding hydrogens is 302 g/mol. The molecule has 114 valence electrons. The van der Waals surface area contributed by atoms with Gasteiger partial charge in [-0.3, -0.25) is 4.79 Å². The van der Waals surface area contributed by atoms with Crippen molar-refractivity contribution in [3.63, 3.8) is 0 Å². The first-order valence-electron chi connectivity index (χ1n) is 6.30. The number of imidazole rings is 1. The molecule has 0 saturated heterocycles. The third-order valence-electron chi connectivity index (χ3n) is 2.65. The molecule has 6 nitrogen and oxygen atoms in total. The van der Waals surface area contributed by atoms with Crippen molar-refractivity contribution in [2.75, 3.05) is 0 Å². The molecule has 0 aromatic carbocycles. The Balaban J connectivity index is 3.13. The molecule has 0 saturated carbocycles. The number of nitrogens with one attached hydrogen (secondary N) is 1. The molecule has 0 radical (unpaired) electrons. The molecule has 8 heteroatoms. The number of carbonyl (C=O) groups is 1. The van der Waals surface area contributed by atoms with Gasteiger partial charge in [-0.15, -0.1) is 0 Å². The highest BCUT2D eigenvalue weighted by molar-refractivity contribution is 8.13. The summed E-state index contributed by atoms with van der Waals surface area (Å²) in [4.78, 5) is 16.1. The Labute approximate surface area is 123 Å². The average Bonchev–Trinajstić information content (AvgIpc) is 2.68. The van der Waals surface area contributed by atoms with E-state index in [0.717, 1.165) is 0 Å². The predicted molar refractivity (Wildman–Crippen MR) is 77.3 cm³/mol. The third-order valence-corrected chi connectivity index (χ3v) is 3.82. The summed E-state index contributed by atoms with van der Waals surface area (Å²) in [6, 6.07) is -0.566. The van der Waals surface area contributed by atoms with Crippen LogP contribution in [0.25, 0.3) is 0 Å². The van der Waals surface area contributed by atoms with Gasteiger partial charge in [0, 0.05) is 28.8 Å². The number of amides is 1. The minimum Gasteiger partial charge on any atom is -0.350 e. The van der Waals surface area contributed by atoms with Crippen LogP contribution in [0.2, 0.25) is 0 Å². The fourth-order valence-electron chi connectivity index (χ4n) is 1.72. The Hall–Kier alpha value is -1.08. The molecule has 0 aliphatic rings. The Morgan fingerprint density at radius 3 is 2.45 bits per heavy atom. The normalized spacial score (nSPS) is 14.1. The van der Waals surface area contributed by atoms with E-state index in [9.17, 15) is 13.2 Å². The van der Waals surface area contributed by atoms with Gasteiger partial charge in [-0.2, -0.15) is 0 Å². The van der Waals surface area contributed by atoms with Crippen LogP contribution in [0.3, 0.4) is 0 Å². The van der Waals surface area contributed by atoms with Crippen molar-refractivity contribution in [1.82, 2.24) is 14.9 Å². The maximum absolute atomic E-state index is 12.1. The molecule has 1 N–H and O–H groups in total. The Kier molecular flexibility index (Phi) is 4.86. The van der Waals surface area contributed by atoms with Crippen molar-refractivity contribution in [2.45, 2.75) is 57.6 Å². The lowest BCUT2D eigenvalue weighted by Gasteiger charge is -2.24. The van der Waals surface area contributed by atoms with Gasteiger partial charge in [0.15, 0.2) is 5.03 Å². The molecule has 1 aromatic rings. The van der Waals surface area contributed by atoms with E-state index in [-0.39, 0.29) is 16.5 Å².